The first-order valence-electron chi connectivity index (χ1n) is 31.5. The van der Waals surface area contributed by atoms with E-state index in [1.54, 1.807) is 46.7 Å². The molecule has 484 valence electrons. The molecule has 7 N–H and O–H groups in total. The van der Waals surface area contributed by atoms with Gasteiger partial charge >= 0.3 is 0 Å². The third-order valence-corrected chi connectivity index (χ3v) is 16.2. The van der Waals surface area contributed by atoms with Crippen LogP contribution in [-0.2, 0) is 51.1 Å². The standard InChI is InChI=1S/C67H89N11O12/c1-9-68-66(86)62-74-73-61(51-37-50(44(6)7)56(79)38-57(51)80)78(62)47-21-23-48(24-22-47)90-49-26-28-77(29-27-49)59(82)40-89-75-60(67(8)41-88-67)53(34-42(2)3)70-65(85)55(36-46-18-14-11-15-19-46)72-64(84)54(35-43(4)5)71-63(83)52(25-20-45-16-12-10-13-17-45)69-58(81)39-76-30-32-87-33-31-76/h10-19,21-24,37-38,42-44,49,52-55,79-80H,9,20,25-36,39-41H2,1-8H3,(H,68,86)(H,69,81)(H,70,85)(H,71,83)(H,72,84)/t52-,53-,54-,55-,67+/m0/s1. The highest BCUT2D eigenvalue weighted by molar-refractivity contribution is 6.02. The lowest BCUT2D eigenvalue weighted by molar-refractivity contribution is -0.138. The van der Waals surface area contributed by atoms with Crippen LogP contribution in [0.2, 0.25) is 0 Å². The van der Waals surface area contributed by atoms with Crippen molar-refractivity contribution < 1.29 is 58.0 Å². The Morgan fingerprint density at radius 2 is 1.32 bits per heavy atom. The fraction of sp³-hybridized carbons (Fsp3) is 0.507. The smallest absolute Gasteiger partial charge is 0.289 e. The van der Waals surface area contributed by atoms with Crippen molar-refractivity contribution in [2.45, 2.75) is 142 Å². The number of aryl methyl sites for hydroxylation is 1. The Morgan fingerprint density at radius 3 is 1.94 bits per heavy atom. The van der Waals surface area contributed by atoms with E-state index in [1.807, 2.05) is 114 Å². The van der Waals surface area contributed by atoms with Crippen LogP contribution in [0.1, 0.15) is 121 Å². The number of carbonyl (C=O) groups is 6. The molecule has 5 aromatic rings. The van der Waals surface area contributed by atoms with Crippen molar-refractivity contribution in [2.24, 2.45) is 17.0 Å². The Morgan fingerprint density at radius 1 is 0.722 bits per heavy atom. The van der Waals surface area contributed by atoms with Gasteiger partial charge in [0.2, 0.25) is 29.5 Å². The maximum absolute atomic E-state index is 14.8. The molecule has 0 spiro atoms. The summed E-state index contributed by atoms with van der Waals surface area (Å²) in [5.41, 5.74) is 2.68. The number of piperidine rings is 1. The van der Waals surface area contributed by atoms with Crippen LogP contribution in [0, 0.1) is 11.8 Å². The number of morpholine rings is 1. The number of oxime groups is 1. The molecule has 90 heavy (non-hydrogen) atoms. The molecular weight excluding hydrogens is 1150 g/mol. The highest BCUT2D eigenvalue weighted by Gasteiger charge is 2.49. The average Bonchev–Trinajstić information content (AvgIpc) is 1.71. The molecule has 23 nitrogen and oxygen atoms in total. The first kappa shape index (κ1) is 67.5. The predicted molar refractivity (Wildman–Crippen MR) is 339 cm³/mol. The van der Waals surface area contributed by atoms with Crippen LogP contribution >= 0.6 is 0 Å². The molecular formula is C67H89N11O12. The fourth-order valence-corrected chi connectivity index (χ4v) is 11.2. The number of ether oxygens (including phenoxy) is 3. The van der Waals surface area contributed by atoms with E-state index in [0.717, 1.165) is 11.1 Å². The summed E-state index contributed by atoms with van der Waals surface area (Å²) in [5, 5.41) is 49.4. The Kier molecular flexibility index (Phi) is 23.9. The molecule has 3 aliphatic rings. The number of phenols is 2. The summed E-state index contributed by atoms with van der Waals surface area (Å²) in [6.07, 6.45) is 2.40. The maximum atomic E-state index is 14.8. The lowest BCUT2D eigenvalue weighted by atomic mass is 9.92. The topological polar surface area (TPSA) is 293 Å². The van der Waals surface area contributed by atoms with Gasteiger partial charge in [-0.25, -0.2) is 0 Å². The van der Waals surface area contributed by atoms with Crippen molar-refractivity contribution in [1.29, 1.82) is 0 Å². The summed E-state index contributed by atoms with van der Waals surface area (Å²) in [6, 6.07) is 25.1. The number of likely N-dealkylation sites (tertiary alicyclic amines) is 1. The van der Waals surface area contributed by atoms with Crippen LogP contribution in [0.25, 0.3) is 17.1 Å². The van der Waals surface area contributed by atoms with Gasteiger partial charge in [-0.15, -0.1) is 10.2 Å². The van der Waals surface area contributed by atoms with E-state index in [0.29, 0.717) is 107 Å². The van der Waals surface area contributed by atoms with Crippen LogP contribution in [0.4, 0.5) is 0 Å². The van der Waals surface area contributed by atoms with Crippen molar-refractivity contribution in [3.63, 3.8) is 0 Å². The van der Waals surface area contributed by atoms with Gasteiger partial charge in [0.1, 0.15) is 52.8 Å². The van der Waals surface area contributed by atoms with Crippen molar-refractivity contribution in [2.75, 3.05) is 65.7 Å². The van der Waals surface area contributed by atoms with Crippen LogP contribution < -0.4 is 31.3 Å². The highest BCUT2D eigenvalue weighted by atomic mass is 16.6. The molecule has 0 bridgehead atoms. The molecule has 0 saturated carbocycles. The zero-order valence-corrected chi connectivity index (χ0v) is 53.0. The maximum Gasteiger partial charge on any atom is 0.289 e. The average molecular weight is 1240 g/mol. The molecule has 0 radical (unpaired) electrons. The quantitative estimate of drug-likeness (QED) is 0.0158. The van der Waals surface area contributed by atoms with Crippen molar-refractivity contribution in [3.8, 4) is 34.3 Å². The number of aromatic hydroxyl groups is 2. The molecule has 0 aliphatic carbocycles. The van der Waals surface area contributed by atoms with E-state index in [1.165, 1.54) is 6.07 Å². The lowest BCUT2D eigenvalue weighted by Gasteiger charge is -2.32. The number of hydrogen-bond acceptors (Lipinski definition) is 16. The van der Waals surface area contributed by atoms with Crippen LogP contribution in [-0.4, -0.2) is 178 Å². The van der Waals surface area contributed by atoms with Gasteiger partial charge in [0.15, 0.2) is 12.4 Å². The SMILES string of the molecule is CCNC(=O)c1nnc(-c2cc(C(C)C)c(O)cc2O)n1-c1ccc(OC2CCN(C(=O)CON=C([C@H](CC(C)C)NC(=O)[C@H](Cc3ccccc3)NC(=O)[C@H](CC(C)C)NC(=O)[C@H](CCc3ccccc3)NC(=O)CN3CCOCC3)[C@@]3(C)CO3)CC2)cc1. The molecule has 3 aliphatic heterocycles. The minimum Gasteiger partial charge on any atom is -0.508 e. The molecule has 0 unspecified atom stereocenters. The van der Waals surface area contributed by atoms with Gasteiger partial charge in [0.25, 0.3) is 11.8 Å². The zero-order valence-electron chi connectivity index (χ0n) is 53.0. The van der Waals surface area contributed by atoms with Gasteiger partial charge in [-0.3, -0.25) is 38.2 Å². The molecule has 23 heteroatoms. The number of nitrogens with one attached hydrogen (secondary N) is 5. The van der Waals surface area contributed by atoms with Gasteiger partial charge in [0.05, 0.1) is 38.0 Å². The Balaban J connectivity index is 0.909. The highest BCUT2D eigenvalue weighted by Crippen LogP contribution is 2.39. The second-order valence-corrected chi connectivity index (χ2v) is 24.8. The number of aromatic nitrogens is 3. The molecule has 4 heterocycles. The fourth-order valence-electron chi connectivity index (χ4n) is 11.2. The van der Waals surface area contributed by atoms with Gasteiger partial charge in [-0.05, 0) is 104 Å². The van der Waals surface area contributed by atoms with Crippen molar-refractivity contribution in [3.05, 3.63) is 120 Å². The van der Waals surface area contributed by atoms with Gasteiger partial charge in [0, 0.05) is 63.7 Å². The van der Waals surface area contributed by atoms with E-state index >= 15 is 0 Å². The first-order valence-corrected chi connectivity index (χ1v) is 31.5. The molecule has 1 aromatic heterocycles. The zero-order chi connectivity index (χ0) is 64.5. The normalized spacial score (nSPS) is 17.7. The third-order valence-electron chi connectivity index (χ3n) is 16.2. The van der Waals surface area contributed by atoms with Crippen LogP contribution in [0.3, 0.4) is 0 Å². The predicted octanol–water partition coefficient (Wildman–Crippen LogP) is 5.99. The van der Waals surface area contributed by atoms with E-state index in [9.17, 15) is 39.0 Å². The Hall–Kier alpha value is -8.41. The van der Waals surface area contributed by atoms with E-state index in [4.69, 9.17) is 19.0 Å². The summed E-state index contributed by atoms with van der Waals surface area (Å²) < 4.78 is 19.3. The number of rotatable bonds is 30. The summed E-state index contributed by atoms with van der Waals surface area (Å²) in [7, 11) is 0. The van der Waals surface area contributed by atoms with Gasteiger partial charge in [-0.2, -0.15) is 0 Å². The summed E-state index contributed by atoms with van der Waals surface area (Å²) in [5.74, 6) is -2.21. The number of epoxide rings is 1. The number of amides is 6. The summed E-state index contributed by atoms with van der Waals surface area (Å²) in [4.78, 5) is 93.8. The molecule has 4 aromatic carbocycles. The second-order valence-electron chi connectivity index (χ2n) is 24.8. The monoisotopic (exact) mass is 1240 g/mol. The second kappa shape index (κ2) is 31.9. The third kappa shape index (κ3) is 18.8. The summed E-state index contributed by atoms with van der Waals surface area (Å²) >= 11 is 0. The van der Waals surface area contributed by atoms with E-state index in [2.05, 4.69) is 41.9 Å². The number of nitrogens with zero attached hydrogens (tertiary/aromatic N) is 6. The van der Waals surface area contributed by atoms with Gasteiger partial charge in [-0.1, -0.05) is 107 Å². The van der Waals surface area contributed by atoms with Crippen LogP contribution in [0.5, 0.6) is 17.2 Å². The van der Waals surface area contributed by atoms with Crippen molar-refractivity contribution in [1.82, 2.24) is 51.1 Å². The Labute approximate surface area is 527 Å². The van der Waals surface area contributed by atoms with E-state index in [-0.39, 0.29) is 91.2 Å². The Bertz CT molecular complexity index is 3250. The number of benzene rings is 4. The number of hydrogen-bond donors (Lipinski definition) is 7. The van der Waals surface area contributed by atoms with Crippen LogP contribution in [0.15, 0.2) is 102 Å². The first-order chi connectivity index (χ1) is 43.2. The minimum absolute atomic E-state index is 0.00598. The number of carbonyl (C=O) groups excluding carboxylic acids is 6. The largest absolute Gasteiger partial charge is 0.508 e. The van der Waals surface area contributed by atoms with Crippen molar-refractivity contribution >= 4 is 41.2 Å². The molecule has 5 atom stereocenters. The van der Waals surface area contributed by atoms with Gasteiger partial charge < -0.3 is 60.7 Å². The molecule has 3 saturated heterocycles. The minimum atomic E-state index is -1.11. The molecule has 3 fully saturated rings. The lowest BCUT2D eigenvalue weighted by Crippen LogP contribution is -2.59. The number of phenolic OH excluding ortho intramolecular Hbond substituents is 2. The molecule has 8 rings (SSSR count). The molecule has 6 amide bonds. The van der Waals surface area contributed by atoms with E-state index < -0.39 is 53.4 Å². The summed E-state index contributed by atoms with van der Waals surface area (Å²) in [6.45, 7) is 18.7.